The van der Waals surface area contributed by atoms with Gasteiger partial charge in [-0.3, -0.25) is 9.69 Å². The Bertz CT molecular complexity index is 947. The molecule has 0 bridgehead atoms. The van der Waals surface area contributed by atoms with Crippen LogP contribution in [0.2, 0.25) is 0 Å². The molecule has 2 aliphatic heterocycles. The van der Waals surface area contributed by atoms with Crippen LogP contribution in [0.5, 0.6) is 0 Å². The Labute approximate surface area is 182 Å². The molecule has 0 radical (unpaired) electrons. The number of carbonyl (C=O) groups excluding carboxylic acids is 1. The van der Waals surface area contributed by atoms with E-state index in [-0.39, 0.29) is 22.8 Å². The number of rotatable bonds is 3. The Balaban J connectivity index is 1.43. The highest BCUT2D eigenvalue weighted by molar-refractivity contribution is 5.86. The van der Waals surface area contributed by atoms with E-state index in [0.29, 0.717) is 6.54 Å². The third-order valence-corrected chi connectivity index (χ3v) is 8.19. The van der Waals surface area contributed by atoms with Gasteiger partial charge in [0.25, 0.3) is 0 Å². The number of piperidine rings is 1. The maximum atomic E-state index is 14.2. The number of nitrogens with one attached hydrogen (secondary N) is 1. The molecule has 3 aliphatic rings. The molecule has 2 saturated heterocycles. The van der Waals surface area contributed by atoms with Crippen molar-refractivity contribution in [2.45, 2.75) is 56.4 Å². The van der Waals surface area contributed by atoms with Crippen molar-refractivity contribution in [1.82, 2.24) is 10.2 Å². The lowest BCUT2D eigenvalue weighted by Crippen LogP contribution is -2.54. The number of halogens is 2. The van der Waals surface area contributed by atoms with Crippen molar-refractivity contribution in [2.75, 3.05) is 19.6 Å². The third-order valence-electron chi connectivity index (χ3n) is 8.19. The first-order valence-corrected chi connectivity index (χ1v) is 11.6. The Morgan fingerprint density at radius 1 is 0.871 bits per heavy atom. The van der Waals surface area contributed by atoms with Gasteiger partial charge in [-0.2, -0.15) is 0 Å². The predicted octanol–water partition coefficient (Wildman–Crippen LogP) is 5.12. The van der Waals surface area contributed by atoms with E-state index in [0.717, 1.165) is 57.2 Å². The number of likely N-dealkylation sites (tertiary alicyclic amines) is 1. The maximum Gasteiger partial charge on any atom is 0.227 e. The van der Waals surface area contributed by atoms with E-state index >= 15 is 0 Å². The molecule has 1 unspecified atom stereocenters. The molecule has 2 aromatic carbocycles. The molecular weight excluding hydrogens is 394 g/mol. The van der Waals surface area contributed by atoms with E-state index in [4.69, 9.17) is 0 Å². The summed E-state index contributed by atoms with van der Waals surface area (Å²) < 4.78 is 27.8. The molecule has 1 aliphatic carbocycles. The molecule has 1 atom stereocenters. The van der Waals surface area contributed by atoms with Crippen molar-refractivity contribution in [2.24, 2.45) is 5.41 Å². The number of hydrogen-bond donors (Lipinski definition) is 1. The number of benzene rings is 2. The lowest BCUT2D eigenvalue weighted by Gasteiger charge is -2.52. The summed E-state index contributed by atoms with van der Waals surface area (Å²) in [6.07, 6.45) is 6.87. The molecule has 1 N–H and O–H groups in total. The van der Waals surface area contributed by atoms with Gasteiger partial charge >= 0.3 is 0 Å². The molecule has 2 aromatic rings. The average molecular weight is 425 g/mol. The Morgan fingerprint density at radius 2 is 1.58 bits per heavy atom. The highest BCUT2D eigenvalue weighted by Gasteiger charge is 2.54. The fourth-order valence-corrected chi connectivity index (χ4v) is 6.47. The number of carbonyl (C=O) groups is 1. The van der Waals surface area contributed by atoms with Crippen LogP contribution in [0.4, 0.5) is 8.78 Å². The van der Waals surface area contributed by atoms with E-state index in [2.05, 4.69) is 22.3 Å². The van der Waals surface area contributed by atoms with Crippen LogP contribution in [0.25, 0.3) is 0 Å². The van der Waals surface area contributed by atoms with Crippen LogP contribution in [-0.2, 0) is 10.3 Å². The molecule has 2 heterocycles. The van der Waals surface area contributed by atoms with Gasteiger partial charge in [0.15, 0.2) is 11.6 Å². The summed E-state index contributed by atoms with van der Waals surface area (Å²) in [6, 6.07) is 14.8. The van der Waals surface area contributed by atoms with E-state index in [9.17, 15) is 13.6 Å². The number of amides is 1. The molecular formula is C26H30F2N2O. The standard InChI is InChI=1S/C26H30F2N2O/c27-22-10-9-20(17-23(22)28)26(11-5-2-6-12-26)30-15-13-25(14-16-30)21(18-29-24(25)31)19-7-3-1-4-8-19/h1,3-4,7-10,17,21H,2,5-6,11-16,18H2,(H,29,31). The summed E-state index contributed by atoms with van der Waals surface area (Å²) in [6.45, 7) is 2.29. The monoisotopic (exact) mass is 424 g/mol. The first-order valence-electron chi connectivity index (χ1n) is 11.6. The SMILES string of the molecule is O=C1NCC(c2ccccc2)C12CCN(C1(c3ccc(F)c(F)c3)CCCCC1)CC2. The third kappa shape index (κ3) is 3.38. The molecule has 1 amide bonds. The van der Waals surface area contributed by atoms with Crippen LogP contribution >= 0.6 is 0 Å². The van der Waals surface area contributed by atoms with E-state index in [1.54, 1.807) is 6.07 Å². The topological polar surface area (TPSA) is 32.3 Å². The summed E-state index contributed by atoms with van der Waals surface area (Å²) in [5, 5.41) is 3.13. The number of hydrogen-bond acceptors (Lipinski definition) is 2. The van der Waals surface area contributed by atoms with E-state index in [1.165, 1.54) is 24.1 Å². The van der Waals surface area contributed by atoms with Gasteiger partial charge in [0.2, 0.25) is 5.91 Å². The van der Waals surface area contributed by atoms with Gasteiger partial charge in [0.05, 0.1) is 5.41 Å². The van der Waals surface area contributed by atoms with Crippen LogP contribution in [0.15, 0.2) is 48.5 Å². The summed E-state index contributed by atoms with van der Waals surface area (Å²) >= 11 is 0. The second kappa shape index (κ2) is 8.01. The molecule has 31 heavy (non-hydrogen) atoms. The van der Waals surface area contributed by atoms with Crippen LogP contribution in [0.1, 0.15) is 62.0 Å². The van der Waals surface area contributed by atoms with Crippen LogP contribution in [-0.4, -0.2) is 30.4 Å². The zero-order valence-corrected chi connectivity index (χ0v) is 17.9. The van der Waals surface area contributed by atoms with Crippen molar-refractivity contribution in [1.29, 1.82) is 0 Å². The van der Waals surface area contributed by atoms with Crippen LogP contribution < -0.4 is 5.32 Å². The van der Waals surface area contributed by atoms with E-state index < -0.39 is 11.6 Å². The van der Waals surface area contributed by atoms with Gasteiger partial charge in [-0.25, -0.2) is 8.78 Å². The maximum absolute atomic E-state index is 14.2. The molecule has 5 rings (SSSR count). The van der Waals surface area contributed by atoms with Crippen molar-refractivity contribution in [3.05, 3.63) is 71.3 Å². The lowest BCUT2D eigenvalue weighted by atomic mass is 9.66. The Hall–Kier alpha value is -2.27. The smallest absolute Gasteiger partial charge is 0.227 e. The summed E-state index contributed by atoms with van der Waals surface area (Å²) in [4.78, 5) is 15.5. The number of nitrogens with zero attached hydrogens (tertiary/aromatic N) is 1. The molecule has 0 aromatic heterocycles. The minimum Gasteiger partial charge on any atom is -0.355 e. The van der Waals surface area contributed by atoms with Crippen molar-refractivity contribution >= 4 is 5.91 Å². The first-order chi connectivity index (χ1) is 15.1. The minimum absolute atomic E-state index is 0.173. The summed E-state index contributed by atoms with van der Waals surface area (Å²) in [7, 11) is 0. The zero-order chi connectivity index (χ0) is 21.5. The second-order valence-corrected chi connectivity index (χ2v) is 9.54. The Kier molecular flexibility index (Phi) is 5.33. The molecule has 1 spiro atoms. The van der Waals surface area contributed by atoms with Gasteiger partial charge in [-0.15, -0.1) is 0 Å². The molecule has 164 valence electrons. The summed E-state index contributed by atoms with van der Waals surface area (Å²) in [5.74, 6) is -1.20. The quantitative estimate of drug-likeness (QED) is 0.742. The van der Waals surface area contributed by atoms with Crippen molar-refractivity contribution < 1.29 is 13.6 Å². The summed E-state index contributed by atoms with van der Waals surface area (Å²) in [5.41, 5.74) is 1.48. The fraction of sp³-hybridized carbons (Fsp3) is 0.500. The highest BCUT2D eigenvalue weighted by atomic mass is 19.2. The van der Waals surface area contributed by atoms with Gasteiger partial charge in [-0.1, -0.05) is 55.7 Å². The largest absolute Gasteiger partial charge is 0.355 e. The minimum atomic E-state index is -0.791. The lowest BCUT2D eigenvalue weighted by molar-refractivity contribution is -0.132. The van der Waals surface area contributed by atoms with Gasteiger partial charge in [0, 0.05) is 31.1 Å². The van der Waals surface area contributed by atoms with Gasteiger partial charge < -0.3 is 5.32 Å². The molecule has 3 fully saturated rings. The second-order valence-electron chi connectivity index (χ2n) is 9.54. The Morgan fingerprint density at radius 3 is 2.26 bits per heavy atom. The molecule has 1 saturated carbocycles. The normalized spacial score (nSPS) is 25.5. The van der Waals surface area contributed by atoms with Crippen LogP contribution in [0.3, 0.4) is 0 Å². The van der Waals surface area contributed by atoms with Gasteiger partial charge in [-0.05, 0) is 48.9 Å². The predicted molar refractivity (Wildman–Crippen MR) is 117 cm³/mol. The highest BCUT2D eigenvalue weighted by Crippen LogP contribution is 2.51. The van der Waals surface area contributed by atoms with Crippen molar-refractivity contribution in [3.8, 4) is 0 Å². The zero-order valence-electron chi connectivity index (χ0n) is 17.9. The van der Waals surface area contributed by atoms with Gasteiger partial charge in [0.1, 0.15) is 0 Å². The van der Waals surface area contributed by atoms with Crippen molar-refractivity contribution in [3.63, 3.8) is 0 Å². The molecule has 5 heteroatoms. The fourth-order valence-electron chi connectivity index (χ4n) is 6.47. The van der Waals surface area contributed by atoms with Crippen LogP contribution in [0, 0.1) is 17.0 Å². The van der Waals surface area contributed by atoms with E-state index in [1.807, 2.05) is 18.2 Å². The molecule has 3 nitrogen and oxygen atoms in total. The average Bonchev–Trinajstić information content (AvgIpc) is 3.12. The first kappa shape index (κ1) is 20.6.